The van der Waals surface area contributed by atoms with E-state index in [0.29, 0.717) is 52.5 Å². The third-order valence-corrected chi connectivity index (χ3v) is 4.52. The number of methoxy groups -OCH3 is 1. The summed E-state index contributed by atoms with van der Waals surface area (Å²) in [6, 6.07) is -0.781. The molecule has 0 saturated carbocycles. The zero-order chi connectivity index (χ0) is 16.8. The number of hydrogen-bond donors (Lipinski definition) is 1. The second-order valence-corrected chi connectivity index (χ2v) is 6.04. The van der Waals surface area contributed by atoms with Crippen molar-refractivity contribution in [2.45, 2.75) is 19.0 Å². The number of nitrogens with zero attached hydrogens (tertiary/aromatic N) is 3. The summed E-state index contributed by atoms with van der Waals surface area (Å²) in [5.74, 6) is 0.0582. The van der Waals surface area contributed by atoms with Crippen LogP contribution in [-0.4, -0.2) is 105 Å². The summed E-state index contributed by atoms with van der Waals surface area (Å²) < 4.78 is 10.2. The maximum Gasteiger partial charge on any atom is 0.241 e. The molecule has 2 fully saturated rings. The summed E-state index contributed by atoms with van der Waals surface area (Å²) in [5, 5.41) is 0. The smallest absolute Gasteiger partial charge is 0.241 e. The number of amides is 2. The van der Waals surface area contributed by atoms with Crippen LogP contribution in [0.15, 0.2) is 0 Å². The molecule has 2 heterocycles. The number of carbonyl (C=O) groups is 2. The van der Waals surface area contributed by atoms with Gasteiger partial charge in [-0.2, -0.15) is 0 Å². The van der Waals surface area contributed by atoms with Crippen LogP contribution in [0.4, 0.5) is 0 Å². The minimum Gasteiger partial charge on any atom is -0.383 e. The van der Waals surface area contributed by atoms with Crippen molar-refractivity contribution in [3.05, 3.63) is 0 Å². The van der Waals surface area contributed by atoms with Gasteiger partial charge in [0.1, 0.15) is 6.04 Å². The van der Waals surface area contributed by atoms with Gasteiger partial charge in [0.2, 0.25) is 11.8 Å². The molecule has 23 heavy (non-hydrogen) atoms. The Labute approximate surface area is 137 Å². The first-order valence-corrected chi connectivity index (χ1v) is 8.18. The maximum atomic E-state index is 12.5. The average Bonchev–Trinajstić information content (AvgIpc) is 2.61. The second kappa shape index (κ2) is 8.58. The van der Waals surface area contributed by atoms with E-state index in [4.69, 9.17) is 15.2 Å². The summed E-state index contributed by atoms with van der Waals surface area (Å²) in [6.45, 7) is 7.26. The van der Waals surface area contributed by atoms with Crippen LogP contribution in [0.25, 0.3) is 0 Å². The van der Waals surface area contributed by atoms with Gasteiger partial charge >= 0.3 is 0 Å². The molecule has 0 aliphatic carbocycles. The van der Waals surface area contributed by atoms with Gasteiger partial charge < -0.3 is 25.0 Å². The molecular weight excluding hydrogens is 300 g/mol. The molecule has 2 N–H and O–H groups in total. The number of ether oxygens (including phenoxy) is 2. The zero-order valence-corrected chi connectivity index (χ0v) is 14.1. The van der Waals surface area contributed by atoms with E-state index < -0.39 is 6.04 Å². The fourth-order valence-corrected chi connectivity index (χ4v) is 3.02. The maximum absolute atomic E-state index is 12.5. The minimum atomic E-state index is -0.612. The lowest BCUT2D eigenvalue weighted by Gasteiger charge is -2.40. The number of morpholine rings is 1. The number of nitrogens with two attached hydrogens (primary N) is 1. The number of rotatable bonds is 5. The average molecular weight is 328 g/mol. The summed E-state index contributed by atoms with van der Waals surface area (Å²) in [7, 11) is 1.53. The number of hydrogen-bond acceptors (Lipinski definition) is 6. The molecule has 2 unspecified atom stereocenters. The zero-order valence-electron chi connectivity index (χ0n) is 14.1. The molecule has 0 bridgehead atoms. The minimum absolute atomic E-state index is 0.0846. The Kier molecular flexibility index (Phi) is 6.76. The van der Waals surface area contributed by atoms with Gasteiger partial charge in [-0.1, -0.05) is 0 Å². The van der Waals surface area contributed by atoms with E-state index in [1.165, 1.54) is 7.11 Å². The van der Waals surface area contributed by atoms with Crippen molar-refractivity contribution in [1.82, 2.24) is 14.7 Å². The Hall–Kier alpha value is -1.22. The third kappa shape index (κ3) is 4.63. The van der Waals surface area contributed by atoms with E-state index in [2.05, 4.69) is 4.90 Å². The number of piperazine rings is 1. The van der Waals surface area contributed by atoms with Gasteiger partial charge in [-0.15, -0.1) is 0 Å². The van der Waals surface area contributed by atoms with Crippen molar-refractivity contribution in [2.75, 3.05) is 66.2 Å². The van der Waals surface area contributed by atoms with E-state index in [1.54, 1.807) is 4.90 Å². The van der Waals surface area contributed by atoms with Crippen LogP contribution in [0.5, 0.6) is 0 Å². The fraction of sp³-hybridized carbons (Fsp3) is 0.867. The predicted molar refractivity (Wildman–Crippen MR) is 84.9 cm³/mol. The second-order valence-electron chi connectivity index (χ2n) is 6.04. The number of carbonyl (C=O) groups excluding carboxylic acids is 2. The van der Waals surface area contributed by atoms with Crippen LogP contribution in [0.3, 0.4) is 0 Å². The van der Waals surface area contributed by atoms with E-state index in [-0.39, 0.29) is 24.5 Å². The molecule has 2 aliphatic rings. The van der Waals surface area contributed by atoms with Gasteiger partial charge in [-0.25, -0.2) is 0 Å². The van der Waals surface area contributed by atoms with Gasteiger partial charge in [-0.3, -0.25) is 14.5 Å². The molecule has 2 saturated heterocycles. The first-order chi connectivity index (χ1) is 11.0. The fourth-order valence-electron chi connectivity index (χ4n) is 3.02. The largest absolute Gasteiger partial charge is 0.383 e. The topological polar surface area (TPSA) is 88.3 Å². The van der Waals surface area contributed by atoms with Crippen LogP contribution in [-0.2, 0) is 19.1 Å². The molecule has 8 nitrogen and oxygen atoms in total. The quantitative estimate of drug-likeness (QED) is 0.651. The molecule has 2 amide bonds. The van der Waals surface area contributed by atoms with E-state index >= 15 is 0 Å². The lowest BCUT2D eigenvalue weighted by Crippen LogP contribution is -2.58. The van der Waals surface area contributed by atoms with Crippen LogP contribution in [0.2, 0.25) is 0 Å². The molecule has 2 aliphatic heterocycles. The highest BCUT2D eigenvalue weighted by atomic mass is 16.5. The summed E-state index contributed by atoms with van der Waals surface area (Å²) in [5.41, 5.74) is 5.80. The highest BCUT2D eigenvalue weighted by Crippen LogP contribution is 2.11. The van der Waals surface area contributed by atoms with Crippen molar-refractivity contribution in [2.24, 2.45) is 5.73 Å². The lowest BCUT2D eigenvalue weighted by molar-refractivity contribution is -0.142. The van der Waals surface area contributed by atoms with Crippen molar-refractivity contribution in [1.29, 1.82) is 0 Å². The van der Waals surface area contributed by atoms with Gasteiger partial charge in [0.15, 0.2) is 0 Å². The van der Waals surface area contributed by atoms with Crippen LogP contribution in [0, 0.1) is 0 Å². The van der Waals surface area contributed by atoms with E-state index in [1.807, 2.05) is 11.8 Å². The van der Waals surface area contributed by atoms with E-state index in [0.717, 1.165) is 0 Å². The molecule has 8 heteroatoms. The highest BCUT2D eigenvalue weighted by Gasteiger charge is 2.31. The van der Waals surface area contributed by atoms with Gasteiger partial charge in [0, 0.05) is 46.4 Å². The SMILES string of the molecule is COCC(N)C(=O)N1CCN(C(C)C(=O)N2CCOCC2)CC1. The molecule has 0 spiro atoms. The Morgan fingerprint density at radius 1 is 1.04 bits per heavy atom. The Morgan fingerprint density at radius 2 is 1.61 bits per heavy atom. The Morgan fingerprint density at radius 3 is 2.17 bits per heavy atom. The molecule has 2 atom stereocenters. The van der Waals surface area contributed by atoms with Gasteiger partial charge in [0.05, 0.1) is 25.9 Å². The molecule has 132 valence electrons. The van der Waals surface area contributed by atoms with Crippen LogP contribution < -0.4 is 5.73 Å². The van der Waals surface area contributed by atoms with E-state index in [9.17, 15) is 9.59 Å². The normalized spacial score (nSPS) is 22.7. The highest BCUT2D eigenvalue weighted by molar-refractivity contribution is 5.82. The van der Waals surface area contributed by atoms with Gasteiger partial charge in [-0.05, 0) is 6.92 Å². The predicted octanol–water partition coefficient (Wildman–Crippen LogP) is -1.65. The summed E-state index contributed by atoms with van der Waals surface area (Å²) in [6.07, 6.45) is 0. The standard InChI is InChI=1S/C15H28N4O4/c1-12(14(20)19-7-9-23-10-8-19)17-3-5-18(6-4-17)15(21)13(16)11-22-2/h12-13H,3-11,16H2,1-2H3. The third-order valence-electron chi connectivity index (χ3n) is 4.52. The van der Waals surface area contributed by atoms with Gasteiger partial charge in [0.25, 0.3) is 0 Å². The molecule has 0 aromatic rings. The summed E-state index contributed by atoms with van der Waals surface area (Å²) in [4.78, 5) is 30.4. The lowest BCUT2D eigenvalue weighted by atomic mass is 10.1. The molecular formula is C15H28N4O4. The van der Waals surface area contributed by atoms with Crippen LogP contribution in [0.1, 0.15) is 6.92 Å². The van der Waals surface area contributed by atoms with Crippen LogP contribution >= 0.6 is 0 Å². The molecule has 2 rings (SSSR count). The van der Waals surface area contributed by atoms with Crippen molar-refractivity contribution in [3.63, 3.8) is 0 Å². The first-order valence-electron chi connectivity index (χ1n) is 8.18. The monoisotopic (exact) mass is 328 g/mol. The summed E-state index contributed by atoms with van der Waals surface area (Å²) >= 11 is 0. The molecule has 0 aromatic heterocycles. The van der Waals surface area contributed by atoms with Crippen molar-refractivity contribution >= 4 is 11.8 Å². The Bertz CT molecular complexity index is 406. The molecule has 0 aromatic carbocycles. The van der Waals surface area contributed by atoms with Crippen molar-refractivity contribution < 1.29 is 19.1 Å². The Balaban J connectivity index is 1.81. The molecule has 0 radical (unpaired) electrons. The first kappa shape index (κ1) is 18.1. The van der Waals surface area contributed by atoms with Crippen molar-refractivity contribution in [3.8, 4) is 0 Å².